The molecule has 2 aromatic carbocycles. The van der Waals surface area contributed by atoms with Crippen molar-refractivity contribution in [1.82, 2.24) is 20.5 Å². The van der Waals surface area contributed by atoms with Gasteiger partial charge in [0.15, 0.2) is 5.82 Å². The fourth-order valence-electron chi connectivity index (χ4n) is 4.48. The van der Waals surface area contributed by atoms with E-state index in [0.717, 1.165) is 61.6 Å². The second-order valence-electron chi connectivity index (χ2n) is 8.50. The van der Waals surface area contributed by atoms with Crippen LogP contribution in [0.15, 0.2) is 48.5 Å². The van der Waals surface area contributed by atoms with Crippen LogP contribution in [0.5, 0.6) is 0 Å². The van der Waals surface area contributed by atoms with Gasteiger partial charge >= 0.3 is 6.18 Å². The van der Waals surface area contributed by atoms with E-state index in [1.165, 1.54) is 6.07 Å². The predicted molar refractivity (Wildman–Crippen MR) is 118 cm³/mol. The second kappa shape index (κ2) is 9.74. The largest absolute Gasteiger partial charge is 0.416 e. The molecule has 1 aliphatic carbocycles. The van der Waals surface area contributed by atoms with E-state index in [-0.39, 0.29) is 11.5 Å². The first-order valence-corrected chi connectivity index (χ1v) is 11.0. The lowest BCUT2D eigenvalue weighted by Gasteiger charge is -2.30. The van der Waals surface area contributed by atoms with Gasteiger partial charge in [-0.2, -0.15) is 13.2 Å². The molecule has 174 valence electrons. The maximum absolute atomic E-state index is 13.0. The summed E-state index contributed by atoms with van der Waals surface area (Å²) >= 11 is 0. The number of nitrogens with two attached hydrogens (primary N) is 1. The molecule has 0 aliphatic heterocycles. The number of carbonyl (C=O) groups excluding carboxylic acids is 1. The standard InChI is InChI=1S/C24H26F3N5O/c25-24(26,27)18-10-11-19(20(12-18)22(28)33)16-8-6-15(7-9-16)13-29-14-21-30-23(32-31-21)17-4-2-1-3-5-17/h1-5,10-12,15-16,29H,6-9,13-14H2,(H2,28,33)(H,30,31,32)/t15-,16-. The summed E-state index contributed by atoms with van der Waals surface area (Å²) in [4.78, 5) is 15.0. The van der Waals surface area contributed by atoms with Crippen LogP contribution in [0.2, 0.25) is 0 Å². The Kier molecular flexibility index (Phi) is 6.78. The van der Waals surface area contributed by atoms with E-state index < -0.39 is 17.6 Å². The predicted octanol–water partition coefficient (Wildman–Crippen LogP) is 4.65. The van der Waals surface area contributed by atoms with Crippen molar-refractivity contribution >= 4 is 5.91 Å². The zero-order valence-electron chi connectivity index (χ0n) is 18.0. The van der Waals surface area contributed by atoms with E-state index >= 15 is 0 Å². The third-order valence-electron chi connectivity index (χ3n) is 6.24. The van der Waals surface area contributed by atoms with Gasteiger partial charge in [0.1, 0.15) is 5.82 Å². The monoisotopic (exact) mass is 457 g/mol. The Balaban J connectivity index is 1.29. The Hall–Kier alpha value is -3.20. The van der Waals surface area contributed by atoms with Crippen molar-refractivity contribution in [1.29, 1.82) is 0 Å². The highest BCUT2D eigenvalue weighted by Gasteiger charge is 2.33. The van der Waals surface area contributed by atoms with E-state index in [1.807, 2.05) is 30.3 Å². The van der Waals surface area contributed by atoms with Crippen LogP contribution < -0.4 is 11.1 Å². The molecule has 0 spiro atoms. The number of rotatable bonds is 7. The molecular formula is C24H26F3N5O. The molecule has 0 saturated heterocycles. The summed E-state index contributed by atoms with van der Waals surface area (Å²) in [5, 5.41) is 11.8. The van der Waals surface area contributed by atoms with Gasteiger partial charge in [0.2, 0.25) is 5.91 Å². The third kappa shape index (κ3) is 5.60. The lowest BCUT2D eigenvalue weighted by molar-refractivity contribution is -0.137. The van der Waals surface area contributed by atoms with Crippen molar-refractivity contribution in [2.45, 2.75) is 44.3 Å². The quantitative estimate of drug-likeness (QED) is 0.481. The highest BCUT2D eigenvalue weighted by atomic mass is 19.4. The van der Waals surface area contributed by atoms with Crippen LogP contribution in [0.4, 0.5) is 13.2 Å². The first-order valence-electron chi connectivity index (χ1n) is 11.0. The number of nitrogens with zero attached hydrogens (tertiary/aromatic N) is 2. The number of benzene rings is 2. The number of H-pyrrole nitrogens is 1. The number of nitrogens with one attached hydrogen (secondary N) is 2. The van der Waals surface area contributed by atoms with Gasteiger partial charge in [0.05, 0.1) is 12.1 Å². The Morgan fingerprint density at radius 1 is 1.06 bits per heavy atom. The number of carbonyl (C=O) groups is 1. The van der Waals surface area contributed by atoms with E-state index in [4.69, 9.17) is 5.73 Å². The van der Waals surface area contributed by atoms with E-state index in [1.54, 1.807) is 0 Å². The van der Waals surface area contributed by atoms with Crippen LogP contribution in [0, 0.1) is 5.92 Å². The summed E-state index contributed by atoms with van der Waals surface area (Å²) in [6.07, 6.45) is -1.06. The van der Waals surface area contributed by atoms with Crippen molar-refractivity contribution in [2.24, 2.45) is 11.7 Å². The molecule has 33 heavy (non-hydrogen) atoms. The molecule has 1 amide bonds. The normalized spacial score (nSPS) is 18.9. The van der Waals surface area contributed by atoms with E-state index in [9.17, 15) is 18.0 Å². The maximum Gasteiger partial charge on any atom is 0.416 e. The average Bonchev–Trinajstić information content (AvgIpc) is 3.28. The molecule has 1 fully saturated rings. The molecule has 1 aromatic heterocycles. The first-order chi connectivity index (χ1) is 15.8. The smallest absolute Gasteiger partial charge is 0.366 e. The molecule has 0 unspecified atom stereocenters. The molecule has 3 aromatic rings. The molecule has 0 atom stereocenters. The van der Waals surface area contributed by atoms with Gasteiger partial charge < -0.3 is 16.0 Å². The van der Waals surface area contributed by atoms with Crippen molar-refractivity contribution in [3.8, 4) is 11.4 Å². The van der Waals surface area contributed by atoms with Crippen molar-refractivity contribution in [3.63, 3.8) is 0 Å². The molecule has 9 heteroatoms. The van der Waals surface area contributed by atoms with Gasteiger partial charge in [-0.3, -0.25) is 4.79 Å². The van der Waals surface area contributed by atoms with Gasteiger partial charge in [0, 0.05) is 11.1 Å². The van der Waals surface area contributed by atoms with E-state index in [0.29, 0.717) is 18.0 Å². The van der Waals surface area contributed by atoms with Gasteiger partial charge in [-0.1, -0.05) is 36.4 Å². The minimum absolute atomic E-state index is 0.0223. The molecule has 0 radical (unpaired) electrons. The van der Waals surface area contributed by atoms with Gasteiger partial charge in [-0.15, -0.1) is 10.2 Å². The van der Waals surface area contributed by atoms with Crippen LogP contribution in [0.25, 0.3) is 11.4 Å². The lowest BCUT2D eigenvalue weighted by Crippen LogP contribution is -2.27. The molecule has 4 N–H and O–H groups in total. The third-order valence-corrected chi connectivity index (χ3v) is 6.24. The number of primary amides is 1. The lowest BCUT2D eigenvalue weighted by atomic mass is 9.77. The first kappa shape index (κ1) is 23.0. The number of hydrogen-bond acceptors (Lipinski definition) is 4. The average molecular weight is 458 g/mol. The highest BCUT2D eigenvalue weighted by Crippen LogP contribution is 2.39. The Morgan fingerprint density at radius 2 is 1.79 bits per heavy atom. The summed E-state index contributed by atoms with van der Waals surface area (Å²) in [5.41, 5.74) is 6.12. The molecule has 1 aliphatic rings. The van der Waals surface area contributed by atoms with Crippen LogP contribution in [-0.4, -0.2) is 27.6 Å². The number of hydrogen-bond donors (Lipinski definition) is 3. The number of aromatic nitrogens is 3. The minimum atomic E-state index is -4.50. The fraction of sp³-hybridized carbons (Fsp3) is 0.375. The Bertz CT molecular complexity index is 1090. The Morgan fingerprint density at radius 3 is 2.45 bits per heavy atom. The zero-order chi connectivity index (χ0) is 23.4. The summed E-state index contributed by atoms with van der Waals surface area (Å²) in [5.74, 6) is 1.16. The molecule has 1 saturated carbocycles. The number of alkyl halides is 3. The molecule has 1 heterocycles. The maximum atomic E-state index is 13.0. The van der Waals surface area contributed by atoms with E-state index in [2.05, 4.69) is 20.5 Å². The second-order valence-corrected chi connectivity index (χ2v) is 8.50. The van der Waals surface area contributed by atoms with Gasteiger partial charge in [-0.05, 0) is 61.8 Å². The summed E-state index contributed by atoms with van der Waals surface area (Å²) in [6, 6.07) is 13.1. The molecule has 4 rings (SSSR count). The number of amides is 1. The van der Waals surface area contributed by atoms with Crippen molar-refractivity contribution in [2.75, 3.05) is 6.54 Å². The number of aromatic amines is 1. The molecular weight excluding hydrogens is 431 g/mol. The van der Waals surface area contributed by atoms with Crippen LogP contribution in [0.3, 0.4) is 0 Å². The summed E-state index contributed by atoms with van der Waals surface area (Å²) in [6.45, 7) is 1.38. The molecule has 6 nitrogen and oxygen atoms in total. The highest BCUT2D eigenvalue weighted by molar-refractivity contribution is 5.94. The van der Waals surface area contributed by atoms with Crippen LogP contribution in [0.1, 0.15) is 58.9 Å². The summed E-state index contributed by atoms with van der Waals surface area (Å²) < 4.78 is 39.0. The minimum Gasteiger partial charge on any atom is -0.366 e. The topological polar surface area (TPSA) is 96.7 Å². The van der Waals surface area contributed by atoms with Crippen LogP contribution in [-0.2, 0) is 12.7 Å². The molecule has 0 bridgehead atoms. The van der Waals surface area contributed by atoms with Gasteiger partial charge in [0.25, 0.3) is 0 Å². The van der Waals surface area contributed by atoms with Crippen molar-refractivity contribution in [3.05, 3.63) is 71.0 Å². The van der Waals surface area contributed by atoms with Crippen LogP contribution >= 0.6 is 0 Å². The zero-order valence-corrected chi connectivity index (χ0v) is 18.0. The van der Waals surface area contributed by atoms with Gasteiger partial charge in [-0.25, -0.2) is 0 Å². The van der Waals surface area contributed by atoms with Crippen molar-refractivity contribution < 1.29 is 18.0 Å². The fourth-order valence-corrected chi connectivity index (χ4v) is 4.48. The SMILES string of the molecule is NC(=O)c1cc(C(F)(F)F)ccc1[C@H]1CC[C@H](CNCc2nnc(-c3ccccc3)[nH]2)CC1. The number of halogens is 3. The Labute approximate surface area is 189 Å². The summed E-state index contributed by atoms with van der Waals surface area (Å²) in [7, 11) is 0.